The monoisotopic (exact) mass is 344 g/mol. The fourth-order valence-electron chi connectivity index (χ4n) is 2.85. The Kier molecular flexibility index (Phi) is 4.87. The first kappa shape index (κ1) is 17.2. The zero-order valence-corrected chi connectivity index (χ0v) is 14.9. The molecule has 1 N–H and O–H groups in total. The Morgan fingerprint density at radius 2 is 1.92 bits per heavy atom. The van der Waals surface area contributed by atoms with E-state index < -0.39 is 5.60 Å². The van der Waals surface area contributed by atoms with Crippen LogP contribution in [0.2, 0.25) is 0 Å². The number of nitrogens with one attached hydrogen (secondary N) is 1. The highest BCUT2D eigenvalue weighted by Gasteiger charge is 2.26. The molecule has 8 heteroatoms. The van der Waals surface area contributed by atoms with Crippen molar-refractivity contribution in [3.05, 3.63) is 35.7 Å². The lowest BCUT2D eigenvalue weighted by atomic mass is 10.1. The molecule has 0 atom stereocenters. The SMILES string of the molecule is CC(C)(C)OC(=O)N1CCN(c2ccccc2Cc2nn[nH]n2)CC1. The number of aromatic nitrogens is 4. The third kappa shape index (κ3) is 4.46. The molecule has 0 unspecified atom stereocenters. The molecule has 0 bridgehead atoms. The number of para-hydroxylation sites is 1. The van der Waals surface area contributed by atoms with Crippen molar-refractivity contribution in [2.75, 3.05) is 31.1 Å². The van der Waals surface area contributed by atoms with Gasteiger partial charge in [-0.05, 0) is 32.4 Å². The minimum absolute atomic E-state index is 0.243. The number of carbonyl (C=O) groups is 1. The number of benzene rings is 1. The molecule has 0 spiro atoms. The van der Waals surface area contributed by atoms with Crippen LogP contribution in [0.15, 0.2) is 24.3 Å². The Bertz CT molecular complexity index is 702. The van der Waals surface area contributed by atoms with Crippen LogP contribution in [0.5, 0.6) is 0 Å². The third-order valence-corrected chi connectivity index (χ3v) is 4.00. The van der Waals surface area contributed by atoms with Gasteiger partial charge in [0.25, 0.3) is 0 Å². The number of ether oxygens (including phenoxy) is 1. The number of piperazine rings is 1. The second-order valence-corrected chi connectivity index (χ2v) is 7.09. The molecule has 134 valence electrons. The highest BCUT2D eigenvalue weighted by molar-refractivity contribution is 5.68. The molecule has 8 nitrogen and oxygen atoms in total. The van der Waals surface area contributed by atoms with Gasteiger partial charge in [-0.25, -0.2) is 4.79 Å². The lowest BCUT2D eigenvalue weighted by Crippen LogP contribution is -2.50. The van der Waals surface area contributed by atoms with Crippen LogP contribution in [0.3, 0.4) is 0 Å². The molecule has 1 aliphatic heterocycles. The number of hydrogen-bond donors (Lipinski definition) is 1. The predicted octanol–water partition coefficient (Wildman–Crippen LogP) is 1.85. The second-order valence-electron chi connectivity index (χ2n) is 7.09. The summed E-state index contributed by atoms with van der Waals surface area (Å²) in [4.78, 5) is 16.2. The van der Waals surface area contributed by atoms with Crippen molar-refractivity contribution in [2.45, 2.75) is 32.8 Å². The molecule has 25 heavy (non-hydrogen) atoms. The number of amides is 1. The van der Waals surface area contributed by atoms with Crippen molar-refractivity contribution in [3.63, 3.8) is 0 Å². The maximum absolute atomic E-state index is 12.2. The number of tetrazole rings is 1. The molecule has 2 heterocycles. The first-order valence-electron chi connectivity index (χ1n) is 8.45. The van der Waals surface area contributed by atoms with Crippen LogP contribution < -0.4 is 4.90 Å². The van der Waals surface area contributed by atoms with Gasteiger partial charge in [-0.1, -0.05) is 23.4 Å². The Labute approximate surface area is 147 Å². The third-order valence-electron chi connectivity index (χ3n) is 4.00. The van der Waals surface area contributed by atoms with Gasteiger partial charge in [0.2, 0.25) is 0 Å². The lowest BCUT2D eigenvalue weighted by Gasteiger charge is -2.37. The molecule has 1 amide bonds. The summed E-state index contributed by atoms with van der Waals surface area (Å²) in [5.41, 5.74) is 1.83. The minimum Gasteiger partial charge on any atom is -0.444 e. The van der Waals surface area contributed by atoms with Gasteiger partial charge in [0.05, 0.1) is 0 Å². The van der Waals surface area contributed by atoms with E-state index in [9.17, 15) is 4.79 Å². The van der Waals surface area contributed by atoms with Crippen LogP contribution in [0.1, 0.15) is 32.2 Å². The predicted molar refractivity (Wildman–Crippen MR) is 93.4 cm³/mol. The van der Waals surface area contributed by atoms with Gasteiger partial charge in [0.15, 0.2) is 5.82 Å². The number of anilines is 1. The van der Waals surface area contributed by atoms with Gasteiger partial charge in [0, 0.05) is 38.3 Å². The van der Waals surface area contributed by atoms with E-state index in [0.717, 1.165) is 24.3 Å². The summed E-state index contributed by atoms with van der Waals surface area (Å²) in [5.74, 6) is 0.667. The molecule has 2 aromatic rings. The van der Waals surface area contributed by atoms with Gasteiger partial charge < -0.3 is 14.5 Å². The molecule has 1 aromatic carbocycles. The standard InChI is InChI=1S/C17H24N6O2/c1-17(2,3)25-16(24)23-10-8-22(9-11-23)14-7-5-4-6-13(14)12-15-18-20-21-19-15/h4-7H,8-12H2,1-3H3,(H,18,19,20,21). The summed E-state index contributed by atoms with van der Waals surface area (Å²) in [6.07, 6.45) is 0.381. The Morgan fingerprint density at radius 3 is 2.56 bits per heavy atom. The topological polar surface area (TPSA) is 87.2 Å². The summed E-state index contributed by atoms with van der Waals surface area (Å²) < 4.78 is 5.45. The van der Waals surface area contributed by atoms with Crippen molar-refractivity contribution in [3.8, 4) is 0 Å². The molecule has 0 radical (unpaired) electrons. The normalized spacial score (nSPS) is 15.3. The van der Waals surface area contributed by atoms with Crippen molar-refractivity contribution >= 4 is 11.8 Å². The molecule has 0 aliphatic carbocycles. The summed E-state index contributed by atoms with van der Waals surface area (Å²) in [6, 6.07) is 8.20. The van der Waals surface area contributed by atoms with Crippen LogP contribution >= 0.6 is 0 Å². The summed E-state index contributed by atoms with van der Waals surface area (Å²) in [6.45, 7) is 8.47. The Balaban J connectivity index is 1.64. The van der Waals surface area contributed by atoms with E-state index in [1.807, 2.05) is 32.9 Å². The maximum Gasteiger partial charge on any atom is 0.410 e. The molecule has 1 aliphatic rings. The number of aromatic amines is 1. The zero-order chi connectivity index (χ0) is 17.9. The highest BCUT2D eigenvalue weighted by Crippen LogP contribution is 2.24. The van der Waals surface area contributed by atoms with E-state index >= 15 is 0 Å². The summed E-state index contributed by atoms with van der Waals surface area (Å²) in [7, 11) is 0. The summed E-state index contributed by atoms with van der Waals surface area (Å²) in [5, 5.41) is 14.2. The van der Waals surface area contributed by atoms with Crippen LogP contribution in [0.4, 0.5) is 10.5 Å². The van der Waals surface area contributed by atoms with Crippen molar-refractivity contribution in [1.82, 2.24) is 25.5 Å². The first-order chi connectivity index (χ1) is 11.9. The van der Waals surface area contributed by atoms with Gasteiger partial charge in [-0.2, -0.15) is 5.21 Å². The van der Waals surface area contributed by atoms with Gasteiger partial charge in [0.1, 0.15) is 5.60 Å². The number of hydrogen-bond acceptors (Lipinski definition) is 6. The maximum atomic E-state index is 12.2. The number of H-pyrrole nitrogens is 1. The fraction of sp³-hybridized carbons (Fsp3) is 0.529. The minimum atomic E-state index is -0.467. The molecule has 1 aromatic heterocycles. The second kappa shape index (κ2) is 7.08. The quantitative estimate of drug-likeness (QED) is 0.914. The molecule has 3 rings (SSSR count). The van der Waals surface area contributed by atoms with Crippen LogP contribution in [-0.2, 0) is 11.2 Å². The first-order valence-corrected chi connectivity index (χ1v) is 8.45. The molecule has 0 saturated carbocycles. The summed E-state index contributed by atoms with van der Waals surface area (Å²) >= 11 is 0. The highest BCUT2D eigenvalue weighted by atomic mass is 16.6. The van der Waals surface area contributed by atoms with E-state index in [4.69, 9.17) is 4.74 Å². The zero-order valence-electron chi connectivity index (χ0n) is 14.9. The number of carbonyl (C=O) groups excluding carboxylic acids is 1. The van der Waals surface area contributed by atoms with Crippen molar-refractivity contribution in [1.29, 1.82) is 0 Å². The van der Waals surface area contributed by atoms with E-state index in [1.165, 1.54) is 0 Å². The average molecular weight is 344 g/mol. The van der Waals surface area contributed by atoms with E-state index in [0.29, 0.717) is 25.3 Å². The largest absolute Gasteiger partial charge is 0.444 e. The molecule has 1 fully saturated rings. The van der Waals surface area contributed by atoms with E-state index in [2.05, 4.69) is 37.7 Å². The van der Waals surface area contributed by atoms with Crippen LogP contribution in [0.25, 0.3) is 0 Å². The number of nitrogens with zero attached hydrogens (tertiary/aromatic N) is 5. The van der Waals surface area contributed by atoms with Gasteiger partial charge in [-0.3, -0.25) is 0 Å². The smallest absolute Gasteiger partial charge is 0.410 e. The average Bonchev–Trinajstić information content (AvgIpc) is 3.07. The van der Waals surface area contributed by atoms with Crippen molar-refractivity contribution < 1.29 is 9.53 Å². The Morgan fingerprint density at radius 1 is 1.20 bits per heavy atom. The van der Waals surface area contributed by atoms with Crippen LogP contribution in [-0.4, -0.2) is 63.4 Å². The lowest BCUT2D eigenvalue weighted by molar-refractivity contribution is 0.0240. The van der Waals surface area contributed by atoms with E-state index in [1.54, 1.807) is 4.90 Å². The fourth-order valence-corrected chi connectivity index (χ4v) is 2.85. The van der Waals surface area contributed by atoms with Gasteiger partial charge >= 0.3 is 6.09 Å². The Hall–Kier alpha value is -2.64. The van der Waals surface area contributed by atoms with Crippen molar-refractivity contribution in [2.24, 2.45) is 0 Å². The molecular weight excluding hydrogens is 320 g/mol. The van der Waals surface area contributed by atoms with Crippen LogP contribution in [0, 0.1) is 0 Å². The molecule has 1 saturated heterocycles. The van der Waals surface area contributed by atoms with Gasteiger partial charge in [-0.15, -0.1) is 10.2 Å². The van der Waals surface area contributed by atoms with E-state index in [-0.39, 0.29) is 6.09 Å². The molecular formula is C17H24N6O2. The number of rotatable bonds is 3.